The van der Waals surface area contributed by atoms with Gasteiger partial charge in [0.1, 0.15) is 5.75 Å². The maximum Gasteiger partial charge on any atom is 0.262 e. The minimum Gasteiger partial charge on any atom is -0.454 e. The lowest BCUT2D eigenvalue weighted by Gasteiger charge is -2.34. The molecule has 0 aliphatic carbocycles. The fourth-order valence-corrected chi connectivity index (χ4v) is 5.85. The van der Waals surface area contributed by atoms with Gasteiger partial charge in [0, 0.05) is 55.7 Å². The highest BCUT2D eigenvalue weighted by atomic mass is 35.5. The average Bonchev–Trinajstić information content (AvgIpc) is 2.96. The molecule has 1 saturated heterocycles. The van der Waals surface area contributed by atoms with Crippen molar-refractivity contribution in [2.45, 2.75) is 11.4 Å². The van der Waals surface area contributed by atoms with Gasteiger partial charge in [0.2, 0.25) is 0 Å². The third kappa shape index (κ3) is 6.74. The van der Waals surface area contributed by atoms with E-state index in [-0.39, 0.29) is 22.2 Å². The van der Waals surface area contributed by atoms with Gasteiger partial charge in [-0.15, -0.1) is 0 Å². The predicted octanol–water partition coefficient (Wildman–Crippen LogP) is 5.94. The number of pyridine rings is 1. The summed E-state index contributed by atoms with van der Waals surface area (Å²) in [6.07, 6.45) is 3.55. The molecule has 8 nitrogen and oxygen atoms in total. The Hall–Kier alpha value is -3.63. The highest BCUT2D eigenvalue weighted by Crippen LogP contribution is 2.35. The van der Waals surface area contributed by atoms with Crippen LogP contribution in [0.15, 0.2) is 96.2 Å². The van der Waals surface area contributed by atoms with Crippen molar-refractivity contribution in [1.29, 1.82) is 0 Å². The van der Waals surface area contributed by atoms with Crippen molar-refractivity contribution in [3.63, 3.8) is 0 Å². The molecular formula is C29H26Cl2N4O4S. The average molecular weight is 598 g/mol. The van der Waals surface area contributed by atoms with E-state index in [1.165, 1.54) is 35.9 Å². The van der Waals surface area contributed by atoms with Gasteiger partial charge in [0.05, 0.1) is 15.6 Å². The van der Waals surface area contributed by atoms with Crippen LogP contribution < -0.4 is 9.46 Å². The van der Waals surface area contributed by atoms with Gasteiger partial charge in [-0.2, -0.15) is 0 Å². The first-order chi connectivity index (χ1) is 19.3. The second-order valence-electron chi connectivity index (χ2n) is 9.23. The van der Waals surface area contributed by atoms with E-state index in [2.05, 4.69) is 14.6 Å². The summed E-state index contributed by atoms with van der Waals surface area (Å²) in [7, 11) is -3.97. The van der Waals surface area contributed by atoms with Crippen molar-refractivity contribution < 1.29 is 17.9 Å². The number of hydrogen-bond donors (Lipinski definition) is 1. The lowest BCUT2D eigenvalue weighted by Crippen LogP contribution is -2.48. The summed E-state index contributed by atoms with van der Waals surface area (Å²) in [6.45, 7) is 3.52. The Balaban J connectivity index is 1.22. The Morgan fingerprint density at radius 3 is 2.27 bits per heavy atom. The Morgan fingerprint density at radius 1 is 0.875 bits per heavy atom. The molecule has 0 spiro atoms. The number of halogens is 2. The van der Waals surface area contributed by atoms with E-state index in [0.717, 1.165) is 19.6 Å². The van der Waals surface area contributed by atoms with Crippen molar-refractivity contribution >= 4 is 44.8 Å². The molecule has 1 aromatic heterocycles. The van der Waals surface area contributed by atoms with Crippen LogP contribution in [0, 0.1) is 0 Å². The summed E-state index contributed by atoms with van der Waals surface area (Å²) in [5, 5.41) is 0.747. The zero-order valence-electron chi connectivity index (χ0n) is 21.3. The molecule has 3 aromatic carbocycles. The van der Waals surface area contributed by atoms with E-state index in [1.54, 1.807) is 53.7 Å². The maximum atomic E-state index is 13.2. The molecule has 0 radical (unpaired) electrons. The maximum absolute atomic E-state index is 13.2. The summed E-state index contributed by atoms with van der Waals surface area (Å²) in [6, 6.07) is 21.3. The van der Waals surface area contributed by atoms with Crippen LogP contribution in [-0.2, 0) is 16.6 Å². The Kier molecular flexibility index (Phi) is 8.56. The minimum absolute atomic E-state index is 0.0190. The van der Waals surface area contributed by atoms with Gasteiger partial charge in [-0.25, -0.2) is 8.42 Å². The number of nitrogens with one attached hydrogen (secondary N) is 1. The number of benzene rings is 3. The Labute approximate surface area is 243 Å². The quantitative estimate of drug-likeness (QED) is 0.271. The van der Waals surface area contributed by atoms with E-state index >= 15 is 0 Å². The molecular weight excluding hydrogens is 571 g/mol. The molecule has 0 unspecified atom stereocenters. The van der Waals surface area contributed by atoms with Crippen LogP contribution in [0.4, 0.5) is 5.69 Å². The highest BCUT2D eigenvalue weighted by molar-refractivity contribution is 7.92. The lowest BCUT2D eigenvalue weighted by atomic mass is 10.1. The second kappa shape index (κ2) is 12.3. The number of nitrogens with zero attached hydrogens (tertiary/aromatic N) is 3. The first-order valence-electron chi connectivity index (χ1n) is 12.5. The standard InChI is InChI=1S/C29H26Cl2N4O4S/c30-23-7-10-27(25(31)19-23)39-28-4-2-1-3-26(28)33-40(37,38)24-8-5-22(6-9-24)29(36)35-17-15-34(16-18-35)20-21-11-13-32-14-12-21/h1-14,19,33H,15-18,20H2. The molecule has 40 heavy (non-hydrogen) atoms. The summed E-state index contributed by atoms with van der Waals surface area (Å²) in [5.74, 6) is 0.475. The summed E-state index contributed by atoms with van der Waals surface area (Å²) in [4.78, 5) is 21.2. The van der Waals surface area contributed by atoms with E-state index in [0.29, 0.717) is 34.4 Å². The number of para-hydroxylation sites is 2. The number of sulfonamides is 1. The molecule has 206 valence electrons. The molecule has 1 amide bonds. The van der Waals surface area contributed by atoms with Gasteiger partial charge in [-0.05, 0) is 72.3 Å². The smallest absolute Gasteiger partial charge is 0.262 e. The molecule has 2 heterocycles. The van der Waals surface area contributed by atoms with Gasteiger partial charge in [-0.1, -0.05) is 35.3 Å². The van der Waals surface area contributed by atoms with Gasteiger partial charge in [-0.3, -0.25) is 19.4 Å². The number of amides is 1. The third-order valence-corrected chi connectivity index (χ3v) is 8.38. The van der Waals surface area contributed by atoms with Crippen molar-refractivity contribution in [1.82, 2.24) is 14.8 Å². The topological polar surface area (TPSA) is 91.8 Å². The molecule has 0 atom stereocenters. The molecule has 1 aliphatic heterocycles. The SMILES string of the molecule is O=C(c1ccc(S(=O)(=O)Nc2ccccc2Oc2ccc(Cl)cc2Cl)cc1)N1CCN(Cc2ccncc2)CC1. The first-order valence-corrected chi connectivity index (χ1v) is 14.8. The normalized spacial score (nSPS) is 14.1. The first kappa shape index (κ1) is 27.9. The number of carbonyl (C=O) groups is 1. The van der Waals surface area contributed by atoms with Crippen LogP contribution in [0.2, 0.25) is 10.0 Å². The molecule has 1 aliphatic rings. The van der Waals surface area contributed by atoms with Gasteiger partial charge >= 0.3 is 0 Å². The fraction of sp³-hybridized carbons (Fsp3) is 0.172. The molecule has 1 fully saturated rings. The number of hydrogen-bond acceptors (Lipinski definition) is 6. The Bertz CT molecular complexity index is 1590. The zero-order chi connectivity index (χ0) is 28.1. The predicted molar refractivity (Wildman–Crippen MR) is 156 cm³/mol. The largest absolute Gasteiger partial charge is 0.454 e. The molecule has 0 saturated carbocycles. The second-order valence-corrected chi connectivity index (χ2v) is 11.8. The van der Waals surface area contributed by atoms with Crippen LogP contribution in [0.5, 0.6) is 11.5 Å². The van der Waals surface area contributed by atoms with Crippen molar-refractivity contribution in [2.75, 3.05) is 30.9 Å². The summed E-state index contributed by atoms with van der Waals surface area (Å²) in [5.41, 5.74) is 1.85. The molecule has 4 aromatic rings. The highest BCUT2D eigenvalue weighted by Gasteiger charge is 2.23. The van der Waals surface area contributed by atoms with Crippen LogP contribution in [0.3, 0.4) is 0 Å². The molecule has 0 bridgehead atoms. The minimum atomic E-state index is -3.97. The number of aromatic nitrogens is 1. The van der Waals surface area contributed by atoms with Gasteiger partial charge in [0.25, 0.3) is 15.9 Å². The van der Waals surface area contributed by atoms with E-state index in [1.807, 2.05) is 12.1 Å². The fourth-order valence-electron chi connectivity index (χ4n) is 4.33. The Morgan fingerprint density at radius 2 is 1.57 bits per heavy atom. The zero-order valence-corrected chi connectivity index (χ0v) is 23.7. The summed E-state index contributed by atoms with van der Waals surface area (Å²) >= 11 is 12.2. The number of ether oxygens (including phenoxy) is 1. The number of rotatable bonds is 8. The van der Waals surface area contributed by atoms with E-state index < -0.39 is 10.0 Å². The van der Waals surface area contributed by atoms with Crippen LogP contribution in [-0.4, -0.2) is 55.3 Å². The van der Waals surface area contributed by atoms with Gasteiger partial charge < -0.3 is 9.64 Å². The van der Waals surface area contributed by atoms with Crippen molar-refractivity contribution in [3.05, 3.63) is 112 Å². The molecule has 5 rings (SSSR count). The monoisotopic (exact) mass is 596 g/mol. The lowest BCUT2D eigenvalue weighted by molar-refractivity contribution is 0.0628. The molecule has 11 heteroatoms. The molecule has 1 N–H and O–H groups in total. The number of anilines is 1. The van der Waals surface area contributed by atoms with E-state index in [9.17, 15) is 13.2 Å². The van der Waals surface area contributed by atoms with E-state index in [4.69, 9.17) is 27.9 Å². The summed E-state index contributed by atoms with van der Waals surface area (Å²) < 4.78 is 34.8. The van der Waals surface area contributed by atoms with Crippen LogP contribution in [0.25, 0.3) is 0 Å². The number of piperazine rings is 1. The van der Waals surface area contributed by atoms with Gasteiger partial charge in [0.15, 0.2) is 5.75 Å². The number of carbonyl (C=O) groups excluding carboxylic acids is 1. The van der Waals surface area contributed by atoms with Crippen LogP contribution >= 0.6 is 23.2 Å². The van der Waals surface area contributed by atoms with Crippen LogP contribution in [0.1, 0.15) is 15.9 Å². The van der Waals surface area contributed by atoms with Crippen molar-refractivity contribution in [3.8, 4) is 11.5 Å². The third-order valence-electron chi connectivity index (χ3n) is 6.47. The van der Waals surface area contributed by atoms with Crippen molar-refractivity contribution in [2.24, 2.45) is 0 Å².